The van der Waals surface area contributed by atoms with Crippen LogP contribution in [0, 0.1) is 0 Å². The molecule has 45 heavy (non-hydrogen) atoms. The lowest BCUT2D eigenvalue weighted by Gasteiger charge is -2.46. The normalized spacial score (nSPS) is 29.3. The topological polar surface area (TPSA) is 195 Å². The van der Waals surface area contributed by atoms with Crippen molar-refractivity contribution in [2.75, 3.05) is 13.2 Å². The van der Waals surface area contributed by atoms with E-state index >= 15 is 0 Å². The number of carbonyl (C=O) groups excluding carboxylic acids is 6. The first kappa shape index (κ1) is 35.2. The summed E-state index contributed by atoms with van der Waals surface area (Å²) in [5, 5.41) is 0. The minimum atomic E-state index is -1.62. The number of benzene rings is 1. The lowest BCUT2D eigenvalue weighted by atomic mass is 9.97. The van der Waals surface area contributed by atoms with Crippen LogP contribution >= 0.6 is 0 Å². The molecule has 9 atom stereocenters. The quantitative estimate of drug-likeness (QED) is 0.243. The number of para-hydroxylation sites is 1. The second-order valence-electron chi connectivity index (χ2n) is 10.0. The molecule has 0 unspecified atom stereocenters. The van der Waals surface area contributed by atoms with E-state index in [-0.39, 0.29) is 6.61 Å². The van der Waals surface area contributed by atoms with E-state index in [2.05, 4.69) is 0 Å². The standard InChI is InChI=1S/C29H36O16/c1-14(30)36-12-21-23(38-15(2)31)25(40-17(4)33)27(42-19(6)35)29(44-21)45-22-13-37-28(43-20-10-8-7-9-11-20)26(41-18(5)34)24(22)39-16(3)32/h7-11,21-29H,12-13H2,1-6H3/t21-,22-,23+,24+,25+,26-,27-,28+,29+/m1/s1. The van der Waals surface area contributed by atoms with Gasteiger partial charge in [-0.05, 0) is 12.1 Å². The van der Waals surface area contributed by atoms with Gasteiger partial charge in [-0.25, -0.2) is 0 Å². The van der Waals surface area contributed by atoms with Crippen LogP contribution in [0.3, 0.4) is 0 Å². The Kier molecular flexibility index (Phi) is 12.6. The summed E-state index contributed by atoms with van der Waals surface area (Å²) in [5.74, 6) is -4.36. The number of carbonyl (C=O) groups is 6. The molecule has 0 amide bonds. The second-order valence-corrected chi connectivity index (χ2v) is 10.0. The van der Waals surface area contributed by atoms with Crippen LogP contribution in [0.5, 0.6) is 5.75 Å². The lowest BCUT2D eigenvalue weighted by molar-refractivity contribution is -0.341. The zero-order valence-corrected chi connectivity index (χ0v) is 25.5. The number of hydrogen-bond acceptors (Lipinski definition) is 16. The molecule has 2 aliphatic rings. The smallest absolute Gasteiger partial charge is 0.303 e. The molecule has 2 saturated heterocycles. The minimum absolute atomic E-state index is 0.333. The zero-order chi connectivity index (χ0) is 33.3. The van der Waals surface area contributed by atoms with Crippen LogP contribution in [0.2, 0.25) is 0 Å². The number of ether oxygens (including phenoxy) is 10. The summed E-state index contributed by atoms with van der Waals surface area (Å²) in [6.07, 6.45) is -12.7. The first-order chi connectivity index (χ1) is 21.2. The van der Waals surface area contributed by atoms with Gasteiger partial charge < -0.3 is 47.4 Å². The monoisotopic (exact) mass is 640 g/mol. The fraction of sp³-hybridized carbons (Fsp3) is 0.586. The Balaban J connectivity index is 2.01. The van der Waals surface area contributed by atoms with E-state index in [1.807, 2.05) is 0 Å². The first-order valence-electron chi connectivity index (χ1n) is 13.9. The maximum atomic E-state index is 12.2. The van der Waals surface area contributed by atoms with Crippen molar-refractivity contribution in [3.63, 3.8) is 0 Å². The highest BCUT2D eigenvalue weighted by Gasteiger charge is 2.55. The van der Waals surface area contributed by atoms with Gasteiger partial charge in [0, 0.05) is 41.5 Å². The molecule has 2 fully saturated rings. The van der Waals surface area contributed by atoms with Crippen LogP contribution in [0.4, 0.5) is 0 Å². The highest BCUT2D eigenvalue weighted by molar-refractivity contribution is 5.69. The summed E-state index contributed by atoms with van der Waals surface area (Å²) < 4.78 is 56.1. The molecule has 1 aromatic rings. The Morgan fingerprint density at radius 2 is 1.11 bits per heavy atom. The van der Waals surface area contributed by atoms with Crippen LogP contribution in [0.1, 0.15) is 41.5 Å². The SMILES string of the molecule is CC(=O)OC[C@H]1O[C@@H](O[C@@H]2CO[C@@H](Oc3ccccc3)[C@H](OC(C)=O)[C@H]2OC(C)=O)[C@H](OC(C)=O)[C@@H](OC(C)=O)[C@H]1OC(C)=O. The van der Waals surface area contributed by atoms with Gasteiger partial charge in [-0.15, -0.1) is 0 Å². The summed E-state index contributed by atoms with van der Waals surface area (Å²) >= 11 is 0. The van der Waals surface area contributed by atoms with E-state index in [9.17, 15) is 28.8 Å². The van der Waals surface area contributed by atoms with Crippen molar-refractivity contribution in [2.24, 2.45) is 0 Å². The van der Waals surface area contributed by atoms with Crippen molar-refractivity contribution < 1.29 is 76.1 Å². The fourth-order valence-electron chi connectivity index (χ4n) is 4.72. The molecule has 0 aliphatic carbocycles. The van der Waals surface area contributed by atoms with E-state index in [0.717, 1.165) is 41.5 Å². The Labute approximate surface area is 258 Å². The van der Waals surface area contributed by atoms with E-state index < -0.39 is 97.7 Å². The summed E-state index contributed by atoms with van der Waals surface area (Å²) in [6.45, 7) is 5.80. The Hall–Kier alpha value is -4.28. The van der Waals surface area contributed by atoms with Crippen LogP contribution < -0.4 is 4.74 Å². The predicted molar refractivity (Wildman–Crippen MR) is 145 cm³/mol. The molecular formula is C29H36O16. The molecule has 0 radical (unpaired) electrons. The van der Waals surface area contributed by atoms with Crippen LogP contribution in [-0.2, 0) is 71.4 Å². The zero-order valence-electron chi connectivity index (χ0n) is 25.5. The lowest BCUT2D eigenvalue weighted by Crippen LogP contribution is -2.65. The van der Waals surface area contributed by atoms with Gasteiger partial charge >= 0.3 is 35.8 Å². The van der Waals surface area contributed by atoms with Crippen molar-refractivity contribution in [3.8, 4) is 5.75 Å². The third-order valence-corrected chi connectivity index (χ3v) is 6.24. The van der Waals surface area contributed by atoms with Gasteiger partial charge in [0.2, 0.25) is 12.4 Å². The van der Waals surface area contributed by atoms with Gasteiger partial charge in [-0.1, -0.05) is 18.2 Å². The van der Waals surface area contributed by atoms with Gasteiger partial charge in [-0.2, -0.15) is 0 Å². The molecule has 0 spiro atoms. The van der Waals surface area contributed by atoms with Crippen molar-refractivity contribution >= 4 is 35.8 Å². The van der Waals surface area contributed by atoms with Crippen molar-refractivity contribution in [1.29, 1.82) is 0 Å². The summed E-state index contributed by atoms with van der Waals surface area (Å²) in [4.78, 5) is 72.3. The molecular weight excluding hydrogens is 604 g/mol. The van der Waals surface area contributed by atoms with Crippen LogP contribution in [-0.4, -0.2) is 104 Å². The number of hydrogen-bond donors (Lipinski definition) is 0. The molecule has 2 aliphatic heterocycles. The van der Waals surface area contributed by atoms with Crippen molar-refractivity contribution in [1.82, 2.24) is 0 Å². The summed E-state index contributed by atoms with van der Waals surface area (Å²) in [6, 6.07) is 8.44. The molecule has 0 saturated carbocycles. The predicted octanol–water partition coefficient (Wildman–Crippen LogP) is 0.753. The van der Waals surface area contributed by atoms with Crippen LogP contribution in [0.25, 0.3) is 0 Å². The minimum Gasteiger partial charge on any atom is -0.463 e. The highest BCUT2D eigenvalue weighted by Crippen LogP contribution is 2.33. The Morgan fingerprint density at radius 3 is 1.64 bits per heavy atom. The molecule has 16 nitrogen and oxygen atoms in total. The summed E-state index contributed by atoms with van der Waals surface area (Å²) in [5.41, 5.74) is 0. The fourth-order valence-corrected chi connectivity index (χ4v) is 4.72. The average molecular weight is 641 g/mol. The van der Waals surface area contributed by atoms with Crippen molar-refractivity contribution in [3.05, 3.63) is 30.3 Å². The van der Waals surface area contributed by atoms with Gasteiger partial charge in [0.05, 0.1) is 6.61 Å². The molecule has 0 bridgehead atoms. The van der Waals surface area contributed by atoms with E-state index in [0.29, 0.717) is 5.75 Å². The first-order valence-corrected chi connectivity index (χ1v) is 13.9. The molecule has 248 valence electrons. The third kappa shape index (κ3) is 10.4. The molecule has 1 aromatic carbocycles. The largest absolute Gasteiger partial charge is 0.463 e. The Morgan fingerprint density at radius 1 is 0.622 bits per heavy atom. The molecule has 2 heterocycles. The van der Waals surface area contributed by atoms with Crippen LogP contribution in [0.15, 0.2) is 30.3 Å². The maximum Gasteiger partial charge on any atom is 0.303 e. The molecule has 0 aromatic heterocycles. The maximum absolute atomic E-state index is 12.2. The average Bonchev–Trinajstić information content (AvgIpc) is 2.93. The summed E-state index contributed by atoms with van der Waals surface area (Å²) in [7, 11) is 0. The number of rotatable bonds is 11. The van der Waals surface area contributed by atoms with Gasteiger partial charge in [0.25, 0.3) is 0 Å². The van der Waals surface area contributed by atoms with Gasteiger partial charge in [0.15, 0.2) is 30.7 Å². The van der Waals surface area contributed by atoms with E-state index in [1.54, 1.807) is 30.3 Å². The molecule has 3 rings (SSSR count). The van der Waals surface area contributed by atoms with Gasteiger partial charge in [-0.3, -0.25) is 28.8 Å². The van der Waals surface area contributed by atoms with E-state index in [1.165, 1.54) is 0 Å². The molecule has 16 heteroatoms. The second kappa shape index (κ2) is 16.2. The Bertz CT molecular complexity index is 1220. The molecule has 0 N–H and O–H groups in total. The third-order valence-electron chi connectivity index (χ3n) is 6.24. The van der Waals surface area contributed by atoms with Crippen molar-refractivity contribution in [2.45, 2.75) is 96.9 Å². The number of esters is 6. The van der Waals surface area contributed by atoms with Gasteiger partial charge in [0.1, 0.15) is 24.6 Å². The highest BCUT2D eigenvalue weighted by atomic mass is 16.8. The van der Waals surface area contributed by atoms with E-state index in [4.69, 9.17) is 47.4 Å².